The third-order valence-electron chi connectivity index (χ3n) is 6.47. The van der Waals surface area contributed by atoms with E-state index >= 15 is 0 Å². The number of nitrogens with one attached hydrogen (secondary N) is 1. The van der Waals surface area contributed by atoms with Crippen molar-refractivity contribution in [2.24, 2.45) is 0 Å². The van der Waals surface area contributed by atoms with Gasteiger partial charge in [-0.05, 0) is 86.8 Å². The Morgan fingerprint density at radius 1 is 1.24 bits per heavy atom. The number of nitrogens with zero attached hydrogens (tertiary/aromatic N) is 2. The summed E-state index contributed by atoms with van der Waals surface area (Å²) in [4.78, 5) is 16.2. The second-order valence-electron chi connectivity index (χ2n) is 8.29. The molecule has 0 saturated carbocycles. The van der Waals surface area contributed by atoms with Gasteiger partial charge < -0.3 is 14.9 Å². The zero-order valence-corrected chi connectivity index (χ0v) is 19.5. The van der Waals surface area contributed by atoms with Crippen LogP contribution < -0.4 is 9.62 Å². The van der Waals surface area contributed by atoms with E-state index < -0.39 is 21.8 Å². The number of rotatable bonds is 8. The maximum atomic E-state index is 13.9. The summed E-state index contributed by atoms with van der Waals surface area (Å²) in [5.74, 6) is -1.73. The number of carboxylic acid groups (broad SMARTS) is 1. The standard InChI is InChI=1S/C24H28FN3O4S/c1-3-27(4-2)13-11-16-15-17(25)5-10-22(16)33(31,32)26-20-8-9-21-19(23(20)24(29)30)7-6-18-12-14-28(18)21/h5,8-11,13,15,18,26H,3-4,6-7,12,14H2,1-2H3,(H,29,30)/b13-11-/t18-/m1/s1. The Morgan fingerprint density at radius 2 is 2.00 bits per heavy atom. The third-order valence-corrected chi connectivity index (χ3v) is 7.91. The highest BCUT2D eigenvalue weighted by molar-refractivity contribution is 7.92. The molecule has 7 nitrogen and oxygen atoms in total. The van der Waals surface area contributed by atoms with Crippen LogP contribution in [0.25, 0.3) is 6.08 Å². The first-order valence-electron chi connectivity index (χ1n) is 11.2. The Morgan fingerprint density at radius 3 is 2.64 bits per heavy atom. The van der Waals surface area contributed by atoms with Gasteiger partial charge in [0.2, 0.25) is 0 Å². The maximum absolute atomic E-state index is 13.9. The van der Waals surface area contributed by atoms with Gasteiger partial charge in [-0.25, -0.2) is 17.6 Å². The smallest absolute Gasteiger partial charge is 0.338 e. The zero-order valence-electron chi connectivity index (χ0n) is 18.7. The third kappa shape index (κ3) is 4.42. The molecule has 9 heteroatoms. The van der Waals surface area contributed by atoms with Gasteiger partial charge in [0.1, 0.15) is 5.82 Å². The van der Waals surface area contributed by atoms with E-state index in [1.165, 1.54) is 12.1 Å². The number of hydrogen-bond acceptors (Lipinski definition) is 5. The fourth-order valence-corrected chi connectivity index (χ4v) is 5.83. The molecule has 176 valence electrons. The van der Waals surface area contributed by atoms with Crippen LogP contribution in [-0.4, -0.2) is 50.1 Å². The van der Waals surface area contributed by atoms with E-state index in [1.54, 1.807) is 18.3 Å². The van der Waals surface area contributed by atoms with Crippen molar-refractivity contribution in [1.29, 1.82) is 0 Å². The van der Waals surface area contributed by atoms with Gasteiger partial charge in [-0.15, -0.1) is 0 Å². The Labute approximate surface area is 193 Å². The SMILES string of the molecule is CCN(/C=C\c1cc(F)ccc1S(=O)(=O)Nc1ccc2c(c1C(=O)O)CC[C@@H]1CCN21)CC. The molecule has 1 atom stereocenters. The number of aromatic carboxylic acids is 1. The minimum atomic E-state index is -4.18. The summed E-state index contributed by atoms with van der Waals surface area (Å²) in [6.07, 6.45) is 5.80. The van der Waals surface area contributed by atoms with E-state index in [-0.39, 0.29) is 21.7 Å². The fraction of sp³-hybridized carbons (Fsp3) is 0.375. The summed E-state index contributed by atoms with van der Waals surface area (Å²) in [6, 6.07) is 7.16. The van der Waals surface area contributed by atoms with Gasteiger partial charge >= 0.3 is 5.97 Å². The predicted octanol–water partition coefficient (Wildman–Crippen LogP) is 4.16. The molecule has 1 saturated heterocycles. The second kappa shape index (κ2) is 9.05. The number of sulfonamides is 1. The van der Waals surface area contributed by atoms with Gasteiger partial charge in [0, 0.05) is 31.4 Å². The molecule has 2 aromatic rings. The molecule has 4 rings (SSSR count). The van der Waals surface area contributed by atoms with Crippen LogP contribution in [0.15, 0.2) is 41.4 Å². The lowest BCUT2D eigenvalue weighted by Gasteiger charge is -2.47. The van der Waals surface area contributed by atoms with Crippen LogP contribution >= 0.6 is 0 Å². The van der Waals surface area contributed by atoms with Crippen molar-refractivity contribution in [2.45, 2.75) is 44.0 Å². The van der Waals surface area contributed by atoms with Gasteiger partial charge in [0.15, 0.2) is 0 Å². The van der Waals surface area contributed by atoms with Gasteiger partial charge in [0.05, 0.1) is 16.1 Å². The minimum Gasteiger partial charge on any atom is -0.478 e. The molecule has 2 N–H and O–H groups in total. The van der Waals surface area contributed by atoms with E-state index in [1.807, 2.05) is 18.7 Å². The zero-order chi connectivity index (χ0) is 23.8. The summed E-state index contributed by atoms with van der Waals surface area (Å²) in [6.45, 7) is 6.24. The molecule has 2 heterocycles. The molecule has 0 radical (unpaired) electrons. The minimum absolute atomic E-state index is 0.0169. The maximum Gasteiger partial charge on any atom is 0.338 e. The van der Waals surface area contributed by atoms with E-state index in [2.05, 4.69) is 9.62 Å². The summed E-state index contributed by atoms with van der Waals surface area (Å²) in [5, 5.41) is 9.93. The molecule has 0 spiro atoms. The summed E-state index contributed by atoms with van der Waals surface area (Å²) >= 11 is 0. The average Bonchev–Trinajstić information content (AvgIpc) is 2.74. The number of halogens is 1. The van der Waals surface area contributed by atoms with Gasteiger partial charge in [0.25, 0.3) is 10.0 Å². The lowest BCUT2D eigenvalue weighted by Crippen LogP contribution is -2.50. The lowest BCUT2D eigenvalue weighted by molar-refractivity contribution is 0.0696. The Hall–Kier alpha value is -3.07. The van der Waals surface area contributed by atoms with Crippen LogP contribution in [0, 0.1) is 5.82 Å². The monoisotopic (exact) mass is 473 g/mol. The second-order valence-corrected chi connectivity index (χ2v) is 9.94. The van der Waals surface area contributed by atoms with Crippen molar-refractivity contribution in [2.75, 3.05) is 29.3 Å². The number of benzene rings is 2. The molecule has 0 aliphatic carbocycles. The number of carboxylic acids is 1. The van der Waals surface area contributed by atoms with Crippen molar-refractivity contribution in [1.82, 2.24) is 4.90 Å². The number of hydrogen-bond donors (Lipinski definition) is 2. The molecule has 33 heavy (non-hydrogen) atoms. The normalized spacial score (nSPS) is 17.3. The van der Waals surface area contributed by atoms with Crippen LogP contribution in [0.5, 0.6) is 0 Å². The van der Waals surface area contributed by atoms with Gasteiger partial charge in [-0.3, -0.25) is 4.72 Å². The van der Waals surface area contributed by atoms with Gasteiger partial charge in [-0.2, -0.15) is 0 Å². The highest BCUT2D eigenvalue weighted by Crippen LogP contribution is 2.41. The molecule has 2 aromatic carbocycles. The molecule has 2 aliphatic heterocycles. The van der Waals surface area contributed by atoms with Crippen molar-refractivity contribution < 1.29 is 22.7 Å². The molecule has 2 aliphatic rings. The molecule has 0 bridgehead atoms. The molecule has 1 fully saturated rings. The van der Waals surface area contributed by atoms with Crippen molar-refractivity contribution in [3.05, 3.63) is 59.0 Å². The predicted molar refractivity (Wildman–Crippen MR) is 127 cm³/mol. The van der Waals surface area contributed by atoms with Crippen LogP contribution in [0.4, 0.5) is 15.8 Å². The molecular weight excluding hydrogens is 445 g/mol. The first-order chi connectivity index (χ1) is 15.7. The Bertz CT molecular complexity index is 1210. The molecule has 0 unspecified atom stereocenters. The summed E-state index contributed by atoms with van der Waals surface area (Å²) < 4.78 is 43.0. The molecule has 0 amide bonds. The Kier molecular flexibility index (Phi) is 6.34. The van der Waals surface area contributed by atoms with E-state index in [0.717, 1.165) is 50.3 Å². The van der Waals surface area contributed by atoms with Crippen LogP contribution in [0.2, 0.25) is 0 Å². The van der Waals surface area contributed by atoms with Gasteiger partial charge in [-0.1, -0.05) is 0 Å². The van der Waals surface area contributed by atoms with E-state index in [0.29, 0.717) is 18.0 Å². The van der Waals surface area contributed by atoms with Crippen LogP contribution in [0.1, 0.15) is 48.2 Å². The van der Waals surface area contributed by atoms with Crippen molar-refractivity contribution in [3.63, 3.8) is 0 Å². The highest BCUT2D eigenvalue weighted by atomic mass is 32.2. The highest BCUT2D eigenvalue weighted by Gasteiger charge is 2.36. The lowest BCUT2D eigenvalue weighted by atomic mass is 9.85. The fourth-order valence-electron chi connectivity index (χ4n) is 4.57. The van der Waals surface area contributed by atoms with Crippen LogP contribution in [-0.2, 0) is 16.4 Å². The number of fused-ring (bicyclic) bond motifs is 3. The average molecular weight is 474 g/mol. The van der Waals surface area contributed by atoms with E-state index in [9.17, 15) is 22.7 Å². The number of anilines is 2. The summed E-state index contributed by atoms with van der Waals surface area (Å²) in [7, 11) is -4.18. The first kappa shape index (κ1) is 23.1. The first-order valence-corrected chi connectivity index (χ1v) is 12.6. The van der Waals surface area contributed by atoms with Crippen molar-refractivity contribution in [3.8, 4) is 0 Å². The topological polar surface area (TPSA) is 90.0 Å². The molecule has 0 aromatic heterocycles. The number of carbonyl (C=O) groups is 1. The quantitative estimate of drug-likeness (QED) is 0.598. The van der Waals surface area contributed by atoms with Crippen molar-refractivity contribution >= 4 is 33.4 Å². The molecular formula is C24H28FN3O4S. The largest absolute Gasteiger partial charge is 0.478 e. The summed E-state index contributed by atoms with van der Waals surface area (Å²) in [5.41, 5.74) is 1.70. The van der Waals surface area contributed by atoms with E-state index in [4.69, 9.17) is 0 Å². The van der Waals surface area contributed by atoms with Crippen LogP contribution in [0.3, 0.4) is 0 Å². The Balaban J connectivity index is 1.72.